The minimum absolute atomic E-state index is 0.550. The van der Waals surface area contributed by atoms with Crippen LogP contribution in [0, 0.1) is 27.7 Å². The predicted molar refractivity (Wildman–Crippen MR) is 446 cm³/mol. The number of rotatable bonds is 14. The van der Waals surface area contributed by atoms with Gasteiger partial charge in [-0.1, -0.05) is 283 Å². The fourth-order valence-electron chi connectivity index (χ4n) is 15.4. The van der Waals surface area contributed by atoms with Gasteiger partial charge in [-0.3, -0.25) is 0 Å². The Balaban J connectivity index is 0.853. The van der Waals surface area contributed by atoms with Crippen molar-refractivity contribution in [2.75, 3.05) is 0 Å². The maximum absolute atomic E-state index is 5.41. The molecule has 15 aromatic carbocycles. The van der Waals surface area contributed by atoms with E-state index in [0.29, 0.717) is 34.9 Å². The molecule has 0 saturated carbocycles. The third-order valence-corrected chi connectivity index (χ3v) is 20.7. The number of aromatic nitrogens is 8. The van der Waals surface area contributed by atoms with Crippen molar-refractivity contribution in [2.45, 2.75) is 27.7 Å². The third kappa shape index (κ3) is 12.4. The van der Waals surface area contributed by atoms with Crippen molar-refractivity contribution in [3.63, 3.8) is 0 Å². The molecule has 0 atom stereocenters. The molecule has 8 nitrogen and oxygen atoms in total. The lowest BCUT2D eigenvalue weighted by Gasteiger charge is -2.16. The van der Waals surface area contributed by atoms with Crippen LogP contribution in [0.25, 0.3) is 190 Å². The zero-order valence-corrected chi connectivity index (χ0v) is 60.1. The van der Waals surface area contributed by atoms with Crippen LogP contribution < -0.4 is 0 Å². The number of nitrogens with zero attached hydrogens (tertiary/aromatic N) is 8. The first-order valence-corrected chi connectivity index (χ1v) is 36.7. The van der Waals surface area contributed by atoms with E-state index >= 15 is 0 Å². The van der Waals surface area contributed by atoms with Crippen LogP contribution in [0.1, 0.15) is 22.3 Å². The summed E-state index contributed by atoms with van der Waals surface area (Å²) >= 11 is 0. The van der Waals surface area contributed by atoms with Crippen LogP contribution >= 0.6 is 0 Å². The van der Waals surface area contributed by atoms with Gasteiger partial charge in [0.25, 0.3) is 0 Å². The highest BCUT2D eigenvalue weighted by molar-refractivity contribution is 6.13. The lowest BCUT2D eigenvalue weighted by Crippen LogP contribution is -2.02. The maximum Gasteiger partial charge on any atom is 0.164 e. The van der Waals surface area contributed by atoms with Gasteiger partial charge in [-0.15, -0.1) is 0 Å². The summed E-state index contributed by atoms with van der Waals surface area (Å²) in [6.45, 7) is 8.63. The largest absolute Gasteiger partial charge is 0.309 e. The summed E-state index contributed by atoms with van der Waals surface area (Å²) in [5.74, 6) is 3.43. The Bertz CT molecular complexity index is 5990. The monoisotopic (exact) mass is 1380 g/mol. The molecule has 0 radical (unpaired) electrons. The molecule has 8 heteroatoms. The van der Waals surface area contributed by atoms with E-state index in [9.17, 15) is 0 Å². The highest BCUT2D eigenvalue weighted by atomic mass is 15.1. The summed E-state index contributed by atoms with van der Waals surface area (Å²) in [6, 6.07) is 126. The lowest BCUT2D eigenvalue weighted by atomic mass is 9.95. The van der Waals surface area contributed by atoms with Crippen molar-refractivity contribution in [3.05, 3.63) is 374 Å². The first-order chi connectivity index (χ1) is 53.1. The molecule has 4 heterocycles. The van der Waals surface area contributed by atoms with Gasteiger partial charge in [-0.2, -0.15) is 0 Å². The van der Waals surface area contributed by atoms with E-state index in [1.165, 1.54) is 44.5 Å². The SMILES string of the molecule is Cc1cccc(-c2ccc3c(c2)c2cc(-c4cccc(C)c4)ccc2n3-c2cc(-c3cccc(-c4cc(-c5nc(-c6ccccc6)nc(-c6ccccc6)n5)cc(-n5c6ccc(-c7cccc(C)c7)cc6c6cc(-c7cccc(C)c7)ccc65)c4)c3)cc(-c3nc(-c4ccccc4)nc(-c4ccccc4)n3)c2)c1. The van der Waals surface area contributed by atoms with E-state index in [-0.39, 0.29) is 0 Å². The fourth-order valence-corrected chi connectivity index (χ4v) is 15.4. The summed E-state index contributed by atoms with van der Waals surface area (Å²) < 4.78 is 4.85. The molecule has 0 fully saturated rings. The maximum atomic E-state index is 5.41. The third-order valence-electron chi connectivity index (χ3n) is 20.7. The molecule has 19 rings (SSSR count). The molecule has 510 valence electrons. The number of aryl methyl sites for hydroxylation is 4. The topological polar surface area (TPSA) is 87.2 Å². The zero-order chi connectivity index (χ0) is 72.3. The van der Waals surface area contributed by atoms with Crippen LogP contribution in [0.4, 0.5) is 0 Å². The second-order valence-electron chi connectivity index (χ2n) is 28.3. The number of hydrogen-bond acceptors (Lipinski definition) is 6. The Morgan fingerprint density at radius 2 is 0.361 bits per heavy atom. The molecule has 0 saturated heterocycles. The molecule has 0 N–H and O–H groups in total. The van der Waals surface area contributed by atoms with Gasteiger partial charge in [0.2, 0.25) is 0 Å². The van der Waals surface area contributed by atoms with Crippen molar-refractivity contribution in [2.24, 2.45) is 0 Å². The molecule has 0 bridgehead atoms. The Morgan fingerprint density at radius 1 is 0.157 bits per heavy atom. The smallest absolute Gasteiger partial charge is 0.164 e. The Morgan fingerprint density at radius 3 is 0.620 bits per heavy atom. The first kappa shape index (κ1) is 64.7. The second kappa shape index (κ2) is 27.2. The Labute approximate surface area is 627 Å². The molecule has 0 spiro atoms. The summed E-state index contributed by atoms with van der Waals surface area (Å²) in [7, 11) is 0. The molecule has 0 unspecified atom stereocenters. The standard InChI is InChI=1S/C100H70N8/c1-63-22-17-34-71(48-63)77-40-44-91-87(59-77)88-60-78(72-35-18-23-64(2)49-72)41-45-92(88)107(91)85-55-81(53-83(57-85)99-103-95(67-26-9-5-10-27-67)101-96(104-99)68-28-11-6-12-29-68)75-38-21-39-76(52-75)82-54-84(100-105-97(69-30-13-7-14-31-69)102-98(106-100)70-32-15-8-16-33-70)58-86(56-82)108-93-46-42-79(73-36-19-24-65(3)50-73)61-89(93)90-62-80(43-47-94(90)108)74-37-20-25-66(4)51-74/h5-62H,1-4H3. The zero-order valence-electron chi connectivity index (χ0n) is 60.1. The van der Waals surface area contributed by atoms with Gasteiger partial charge < -0.3 is 9.13 Å². The van der Waals surface area contributed by atoms with Gasteiger partial charge in [0.05, 0.1) is 22.1 Å². The van der Waals surface area contributed by atoms with Crippen LogP contribution in [-0.2, 0) is 0 Å². The number of hydrogen-bond donors (Lipinski definition) is 0. The lowest BCUT2D eigenvalue weighted by molar-refractivity contribution is 1.07. The van der Waals surface area contributed by atoms with Gasteiger partial charge in [0.15, 0.2) is 34.9 Å². The molecule has 4 aromatic heterocycles. The summed E-state index contributed by atoms with van der Waals surface area (Å²) in [4.78, 5) is 32.0. The van der Waals surface area contributed by atoms with E-state index in [4.69, 9.17) is 29.9 Å². The van der Waals surface area contributed by atoms with Gasteiger partial charge in [0, 0.05) is 66.3 Å². The molecule has 0 aliphatic rings. The van der Waals surface area contributed by atoms with Gasteiger partial charge in [0.1, 0.15) is 0 Å². The molecular formula is C100H70N8. The fraction of sp³-hybridized carbons (Fsp3) is 0.0400. The van der Waals surface area contributed by atoms with Crippen LogP contribution in [0.2, 0.25) is 0 Å². The van der Waals surface area contributed by atoms with Crippen molar-refractivity contribution in [3.8, 4) is 146 Å². The van der Waals surface area contributed by atoms with Crippen LogP contribution in [-0.4, -0.2) is 39.0 Å². The number of benzene rings is 15. The van der Waals surface area contributed by atoms with Crippen LogP contribution in [0.5, 0.6) is 0 Å². The van der Waals surface area contributed by atoms with Crippen molar-refractivity contribution in [1.29, 1.82) is 0 Å². The predicted octanol–water partition coefficient (Wildman–Crippen LogP) is 25.5. The van der Waals surface area contributed by atoms with Crippen molar-refractivity contribution < 1.29 is 0 Å². The van der Waals surface area contributed by atoms with Gasteiger partial charge in [-0.05, 0) is 185 Å². The molecular weight excluding hydrogens is 1310 g/mol. The quantitative estimate of drug-likeness (QED) is 0.108. The highest BCUT2D eigenvalue weighted by Gasteiger charge is 2.23. The summed E-state index contributed by atoms with van der Waals surface area (Å²) in [5, 5.41) is 4.58. The Hall–Kier alpha value is -14.1. The molecule has 19 aromatic rings. The van der Waals surface area contributed by atoms with Crippen molar-refractivity contribution in [1.82, 2.24) is 39.0 Å². The van der Waals surface area contributed by atoms with E-state index in [2.05, 4.69) is 316 Å². The van der Waals surface area contributed by atoms with E-state index in [0.717, 1.165) is 133 Å². The highest BCUT2D eigenvalue weighted by Crippen LogP contribution is 2.44. The van der Waals surface area contributed by atoms with E-state index < -0.39 is 0 Å². The van der Waals surface area contributed by atoms with E-state index in [1.807, 2.05) is 72.8 Å². The minimum Gasteiger partial charge on any atom is -0.309 e. The summed E-state index contributed by atoms with van der Waals surface area (Å²) in [5.41, 5.74) is 29.5. The average Bonchev–Trinajstić information content (AvgIpc) is 1.60. The van der Waals surface area contributed by atoms with Crippen LogP contribution in [0.3, 0.4) is 0 Å². The minimum atomic E-state index is 0.550. The van der Waals surface area contributed by atoms with Gasteiger partial charge in [-0.25, -0.2) is 29.9 Å². The molecule has 0 amide bonds. The molecule has 0 aliphatic heterocycles. The normalized spacial score (nSPS) is 11.5. The van der Waals surface area contributed by atoms with Crippen LogP contribution in [0.15, 0.2) is 352 Å². The van der Waals surface area contributed by atoms with Gasteiger partial charge >= 0.3 is 0 Å². The first-order valence-electron chi connectivity index (χ1n) is 36.7. The average molecular weight is 1380 g/mol. The Kier molecular flexibility index (Phi) is 16.3. The summed E-state index contributed by atoms with van der Waals surface area (Å²) in [6.07, 6.45) is 0. The molecule has 0 aliphatic carbocycles. The molecule has 108 heavy (non-hydrogen) atoms. The van der Waals surface area contributed by atoms with Crippen molar-refractivity contribution >= 4 is 43.6 Å². The number of fused-ring (bicyclic) bond motifs is 6. The second-order valence-corrected chi connectivity index (χ2v) is 28.3. The van der Waals surface area contributed by atoms with E-state index in [1.54, 1.807) is 0 Å².